The second-order valence-electron chi connectivity index (χ2n) is 4.67. The molecule has 0 amide bonds. The highest BCUT2D eigenvalue weighted by Crippen LogP contribution is 2.29. The van der Waals surface area contributed by atoms with Crippen molar-refractivity contribution in [3.63, 3.8) is 0 Å². The summed E-state index contributed by atoms with van der Waals surface area (Å²) in [5.74, 6) is 5.91. The molecule has 0 heterocycles. The lowest BCUT2D eigenvalue weighted by Gasteiger charge is -1.98. The van der Waals surface area contributed by atoms with E-state index in [0.717, 1.165) is 12.0 Å². The van der Waals surface area contributed by atoms with Crippen LogP contribution in [0.1, 0.15) is 58.8 Å². The number of hydrogen-bond acceptors (Lipinski definition) is 2. The van der Waals surface area contributed by atoms with Gasteiger partial charge in [0.05, 0.1) is 6.61 Å². The van der Waals surface area contributed by atoms with E-state index < -0.39 is 0 Å². The molecule has 0 bridgehead atoms. The predicted octanol–water partition coefficient (Wildman–Crippen LogP) is 3.86. The fourth-order valence-electron chi connectivity index (χ4n) is 1.84. The van der Waals surface area contributed by atoms with E-state index in [9.17, 15) is 4.79 Å². The Morgan fingerprint density at radius 2 is 1.94 bits per heavy atom. The third-order valence-corrected chi connectivity index (χ3v) is 3.00. The Morgan fingerprint density at radius 3 is 2.67 bits per heavy atom. The number of rotatable bonds is 8. The van der Waals surface area contributed by atoms with Gasteiger partial charge in [-0.1, -0.05) is 56.9 Å². The summed E-state index contributed by atoms with van der Waals surface area (Å²) in [6, 6.07) is 0. The van der Waals surface area contributed by atoms with Crippen molar-refractivity contribution in [2.75, 3.05) is 6.61 Å². The zero-order valence-electron chi connectivity index (χ0n) is 11.6. The predicted molar refractivity (Wildman–Crippen MR) is 74.0 cm³/mol. The topological polar surface area (TPSA) is 26.3 Å². The molecule has 0 unspecified atom stereocenters. The van der Waals surface area contributed by atoms with Crippen LogP contribution in [0.25, 0.3) is 0 Å². The Morgan fingerprint density at radius 1 is 1.22 bits per heavy atom. The van der Waals surface area contributed by atoms with E-state index in [2.05, 4.69) is 18.8 Å². The summed E-state index contributed by atoms with van der Waals surface area (Å²) >= 11 is 0. The average Bonchev–Trinajstić information content (AvgIpc) is 3.12. The summed E-state index contributed by atoms with van der Waals surface area (Å²) in [6.07, 6.45) is 10.6. The van der Waals surface area contributed by atoms with E-state index in [0.29, 0.717) is 6.61 Å². The van der Waals surface area contributed by atoms with E-state index >= 15 is 0 Å². The van der Waals surface area contributed by atoms with Gasteiger partial charge in [0.2, 0.25) is 0 Å². The first kappa shape index (κ1) is 14.8. The van der Waals surface area contributed by atoms with Crippen LogP contribution in [0.4, 0.5) is 0 Å². The third-order valence-electron chi connectivity index (χ3n) is 3.00. The molecule has 0 radical (unpaired) electrons. The first-order chi connectivity index (χ1) is 8.79. The van der Waals surface area contributed by atoms with Gasteiger partial charge in [0, 0.05) is 12.0 Å². The maximum atomic E-state index is 11.3. The number of hydrogen-bond donors (Lipinski definition) is 0. The largest absolute Gasteiger partial charge is 0.465 e. The van der Waals surface area contributed by atoms with E-state index in [4.69, 9.17) is 4.74 Å². The van der Waals surface area contributed by atoms with Crippen LogP contribution in [-0.4, -0.2) is 12.6 Å². The van der Waals surface area contributed by atoms with Crippen molar-refractivity contribution in [3.05, 3.63) is 11.6 Å². The Hall–Kier alpha value is -1.23. The standard InChI is InChI=1S/C16H24O2/c1-3-5-6-7-8-9-10-11-12-14-13-15(14)16(17)18-4-2/h13,15H,3-10H2,1-2H3/t15-/m1/s1. The summed E-state index contributed by atoms with van der Waals surface area (Å²) in [5.41, 5.74) is 0.944. The second kappa shape index (κ2) is 8.80. The smallest absolute Gasteiger partial charge is 0.317 e. The van der Waals surface area contributed by atoms with Gasteiger partial charge < -0.3 is 4.74 Å². The van der Waals surface area contributed by atoms with E-state index in [1.165, 1.54) is 38.5 Å². The Kier molecular flexibility index (Phi) is 7.25. The maximum absolute atomic E-state index is 11.3. The van der Waals surface area contributed by atoms with Crippen LogP contribution in [-0.2, 0) is 9.53 Å². The SMILES string of the molecule is CCCCCCCCC#CC1=C[C@H]1C(=O)OCC. The molecule has 1 rings (SSSR count). The second-order valence-corrected chi connectivity index (χ2v) is 4.67. The molecule has 0 aromatic heterocycles. The van der Waals surface area contributed by atoms with Gasteiger partial charge in [-0.2, -0.15) is 0 Å². The number of carbonyl (C=O) groups is 1. The lowest BCUT2D eigenvalue weighted by atomic mass is 10.1. The molecule has 1 aliphatic carbocycles. The molecule has 0 saturated carbocycles. The number of carbonyl (C=O) groups excluding carboxylic acids is 1. The summed E-state index contributed by atoms with van der Waals surface area (Å²) < 4.78 is 4.92. The molecular formula is C16H24O2. The van der Waals surface area contributed by atoms with Crippen LogP contribution in [0.5, 0.6) is 0 Å². The van der Waals surface area contributed by atoms with Gasteiger partial charge >= 0.3 is 5.97 Å². The highest BCUT2D eigenvalue weighted by Gasteiger charge is 2.31. The zero-order chi connectivity index (χ0) is 13.2. The molecule has 0 aromatic carbocycles. The molecule has 0 N–H and O–H groups in total. The van der Waals surface area contributed by atoms with Crippen molar-refractivity contribution in [2.45, 2.75) is 58.8 Å². The summed E-state index contributed by atoms with van der Waals surface area (Å²) in [7, 11) is 0. The van der Waals surface area contributed by atoms with Gasteiger partial charge in [0.25, 0.3) is 0 Å². The Labute approximate surface area is 111 Å². The molecule has 18 heavy (non-hydrogen) atoms. The highest BCUT2D eigenvalue weighted by molar-refractivity contribution is 5.85. The summed E-state index contributed by atoms with van der Waals surface area (Å²) in [6.45, 7) is 4.50. The molecule has 0 saturated heterocycles. The molecule has 0 spiro atoms. The molecular weight excluding hydrogens is 224 g/mol. The van der Waals surface area contributed by atoms with Crippen LogP contribution >= 0.6 is 0 Å². The summed E-state index contributed by atoms with van der Waals surface area (Å²) in [4.78, 5) is 11.3. The van der Waals surface area contributed by atoms with Crippen LogP contribution < -0.4 is 0 Å². The highest BCUT2D eigenvalue weighted by atomic mass is 16.5. The summed E-state index contributed by atoms with van der Waals surface area (Å²) in [5, 5.41) is 0. The lowest BCUT2D eigenvalue weighted by molar-refractivity contribution is -0.143. The van der Waals surface area contributed by atoms with Crippen molar-refractivity contribution in [3.8, 4) is 11.8 Å². The van der Waals surface area contributed by atoms with Crippen molar-refractivity contribution < 1.29 is 9.53 Å². The number of unbranched alkanes of at least 4 members (excludes halogenated alkanes) is 6. The molecule has 0 aromatic rings. The van der Waals surface area contributed by atoms with Crippen LogP contribution in [0.15, 0.2) is 11.6 Å². The molecule has 1 atom stereocenters. The fraction of sp³-hybridized carbons (Fsp3) is 0.688. The molecule has 100 valence electrons. The quantitative estimate of drug-likeness (QED) is 0.370. The van der Waals surface area contributed by atoms with Crippen LogP contribution in [0.3, 0.4) is 0 Å². The van der Waals surface area contributed by atoms with Crippen molar-refractivity contribution >= 4 is 5.97 Å². The zero-order valence-corrected chi connectivity index (χ0v) is 11.6. The fourth-order valence-corrected chi connectivity index (χ4v) is 1.84. The van der Waals surface area contributed by atoms with E-state index in [-0.39, 0.29) is 11.9 Å². The van der Waals surface area contributed by atoms with Gasteiger partial charge in [-0.05, 0) is 13.3 Å². The Balaban J connectivity index is 1.99. The molecule has 2 nitrogen and oxygen atoms in total. The van der Waals surface area contributed by atoms with Gasteiger partial charge in [-0.3, -0.25) is 4.79 Å². The van der Waals surface area contributed by atoms with Gasteiger partial charge in [0.15, 0.2) is 0 Å². The Bertz CT molecular complexity index is 344. The normalized spacial score (nSPS) is 16.6. The first-order valence-electron chi connectivity index (χ1n) is 7.16. The molecule has 1 aliphatic rings. The first-order valence-corrected chi connectivity index (χ1v) is 7.16. The number of ether oxygens (including phenoxy) is 1. The molecule has 0 aliphatic heterocycles. The third kappa shape index (κ3) is 5.91. The van der Waals surface area contributed by atoms with Crippen molar-refractivity contribution in [1.29, 1.82) is 0 Å². The monoisotopic (exact) mass is 248 g/mol. The van der Waals surface area contributed by atoms with E-state index in [1.54, 1.807) is 0 Å². The maximum Gasteiger partial charge on any atom is 0.317 e. The molecule has 0 fully saturated rings. The number of esters is 1. The van der Waals surface area contributed by atoms with E-state index in [1.807, 2.05) is 13.0 Å². The van der Waals surface area contributed by atoms with Gasteiger partial charge in [0.1, 0.15) is 5.92 Å². The molecule has 2 heteroatoms. The minimum atomic E-state index is -0.152. The van der Waals surface area contributed by atoms with Gasteiger partial charge in [-0.25, -0.2) is 0 Å². The van der Waals surface area contributed by atoms with Gasteiger partial charge in [-0.15, -0.1) is 0 Å². The minimum absolute atomic E-state index is 0.137. The minimum Gasteiger partial charge on any atom is -0.465 e. The average molecular weight is 248 g/mol. The van der Waals surface area contributed by atoms with Crippen LogP contribution in [0.2, 0.25) is 0 Å². The lowest BCUT2D eigenvalue weighted by Crippen LogP contribution is -2.07. The van der Waals surface area contributed by atoms with Crippen molar-refractivity contribution in [2.24, 2.45) is 5.92 Å². The van der Waals surface area contributed by atoms with Crippen LogP contribution in [0, 0.1) is 17.8 Å². The van der Waals surface area contributed by atoms with Crippen molar-refractivity contribution in [1.82, 2.24) is 0 Å².